The van der Waals surface area contributed by atoms with E-state index in [1.54, 1.807) is 7.11 Å². The maximum Gasteiger partial charge on any atom is 0.136 e. The molecule has 1 heterocycles. The average Bonchev–Trinajstić information content (AvgIpc) is 2.65. The topological polar surface area (TPSA) is 14.2 Å². The minimum atomic E-state index is 0.703. The number of methoxy groups -OCH3 is 1. The Hall–Kier alpha value is -0.920. The van der Waals surface area contributed by atoms with Crippen molar-refractivity contribution in [2.75, 3.05) is 7.11 Å². The highest BCUT2D eigenvalue weighted by Crippen LogP contribution is 2.27. The summed E-state index contributed by atoms with van der Waals surface area (Å²) in [7, 11) is 1.73. The molecule has 1 aliphatic carbocycles. The molecule has 1 saturated carbocycles. The molecule has 0 radical (unpaired) electrons. The van der Waals surface area contributed by atoms with Crippen LogP contribution in [0.3, 0.4) is 0 Å². The zero-order valence-corrected chi connectivity index (χ0v) is 9.61. The molecule has 2 nitrogen and oxygen atoms in total. The molecule has 0 saturated heterocycles. The van der Waals surface area contributed by atoms with E-state index < -0.39 is 0 Å². The quantitative estimate of drug-likeness (QED) is 0.719. The summed E-state index contributed by atoms with van der Waals surface area (Å²) in [6, 6.07) is 2.76. The summed E-state index contributed by atoms with van der Waals surface area (Å²) in [6.45, 7) is 0. The van der Waals surface area contributed by atoms with E-state index in [9.17, 15) is 0 Å². The third-order valence-electron chi connectivity index (χ3n) is 3.42. The van der Waals surface area contributed by atoms with Crippen LogP contribution in [0.4, 0.5) is 0 Å². The van der Waals surface area contributed by atoms with Gasteiger partial charge in [-0.25, -0.2) is 0 Å². The fourth-order valence-corrected chi connectivity index (χ4v) is 2.47. The van der Waals surface area contributed by atoms with E-state index in [0.717, 1.165) is 5.75 Å². The molecule has 0 spiro atoms. The van der Waals surface area contributed by atoms with Crippen LogP contribution in [0.1, 0.15) is 51.0 Å². The summed E-state index contributed by atoms with van der Waals surface area (Å²) in [5.41, 5.74) is 0. The summed E-state index contributed by atoms with van der Waals surface area (Å²) >= 11 is 0. The number of hydrogen-bond donors (Lipinski definition) is 0. The van der Waals surface area contributed by atoms with Gasteiger partial charge in [0, 0.05) is 18.4 Å². The van der Waals surface area contributed by atoms with Gasteiger partial charge >= 0.3 is 0 Å². The third kappa shape index (κ3) is 2.77. The standard InChI is InChI=1S/C13H21NO/c1-15-13-9-10-14(11-13)12-7-5-3-2-4-6-8-12/h9-12H,2-8H2,1H3. The molecule has 1 aromatic heterocycles. The molecule has 0 N–H and O–H groups in total. The van der Waals surface area contributed by atoms with Crippen molar-refractivity contribution in [1.29, 1.82) is 0 Å². The molecule has 15 heavy (non-hydrogen) atoms. The van der Waals surface area contributed by atoms with Gasteiger partial charge in [0.05, 0.1) is 7.11 Å². The fraction of sp³-hybridized carbons (Fsp3) is 0.692. The highest BCUT2D eigenvalue weighted by atomic mass is 16.5. The lowest BCUT2D eigenvalue weighted by Gasteiger charge is -2.21. The van der Waals surface area contributed by atoms with Crippen molar-refractivity contribution in [1.82, 2.24) is 4.57 Å². The molecule has 1 fully saturated rings. The highest BCUT2D eigenvalue weighted by Gasteiger charge is 2.12. The first-order chi connectivity index (χ1) is 7.40. The van der Waals surface area contributed by atoms with Gasteiger partial charge in [-0.1, -0.05) is 32.1 Å². The van der Waals surface area contributed by atoms with Crippen LogP contribution in [-0.2, 0) is 0 Å². The normalized spacial score (nSPS) is 19.5. The van der Waals surface area contributed by atoms with E-state index in [0.29, 0.717) is 6.04 Å². The van der Waals surface area contributed by atoms with Gasteiger partial charge in [0.25, 0.3) is 0 Å². The lowest BCUT2D eigenvalue weighted by atomic mass is 9.97. The zero-order chi connectivity index (χ0) is 10.5. The molecule has 84 valence electrons. The van der Waals surface area contributed by atoms with Crippen molar-refractivity contribution in [3.63, 3.8) is 0 Å². The van der Waals surface area contributed by atoms with Crippen molar-refractivity contribution in [2.24, 2.45) is 0 Å². The maximum absolute atomic E-state index is 5.22. The summed E-state index contributed by atoms with van der Waals surface area (Å²) in [5, 5.41) is 0. The number of ether oxygens (including phenoxy) is 1. The van der Waals surface area contributed by atoms with Gasteiger partial charge < -0.3 is 9.30 Å². The molecule has 1 aliphatic rings. The second-order valence-electron chi connectivity index (χ2n) is 4.50. The van der Waals surface area contributed by atoms with E-state index in [1.165, 1.54) is 44.9 Å². The molecule has 0 aromatic carbocycles. The van der Waals surface area contributed by atoms with Crippen molar-refractivity contribution in [2.45, 2.75) is 51.0 Å². The number of hydrogen-bond acceptors (Lipinski definition) is 1. The first kappa shape index (κ1) is 10.6. The first-order valence-corrected chi connectivity index (χ1v) is 6.11. The largest absolute Gasteiger partial charge is 0.495 e. The SMILES string of the molecule is COc1ccn(C2CCCCCCC2)c1. The zero-order valence-electron chi connectivity index (χ0n) is 9.61. The van der Waals surface area contributed by atoms with Gasteiger partial charge in [-0.3, -0.25) is 0 Å². The smallest absolute Gasteiger partial charge is 0.136 e. The third-order valence-corrected chi connectivity index (χ3v) is 3.42. The molecule has 2 rings (SSSR count). The van der Waals surface area contributed by atoms with E-state index in [4.69, 9.17) is 4.74 Å². The van der Waals surface area contributed by atoms with Crippen LogP contribution in [0.25, 0.3) is 0 Å². The van der Waals surface area contributed by atoms with Crippen LogP contribution in [0.5, 0.6) is 5.75 Å². The Balaban J connectivity index is 2.00. The number of nitrogens with zero attached hydrogens (tertiary/aromatic N) is 1. The molecular weight excluding hydrogens is 186 g/mol. The Morgan fingerprint density at radius 1 is 1.13 bits per heavy atom. The van der Waals surface area contributed by atoms with Gasteiger partial charge in [-0.05, 0) is 18.9 Å². The number of rotatable bonds is 2. The van der Waals surface area contributed by atoms with Crippen LogP contribution in [0, 0.1) is 0 Å². The Bertz CT molecular complexity index is 284. The maximum atomic E-state index is 5.22. The Morgan fingerprint density at radius 2 is 1.80 bits per heavy atom. The van der Waals surface area contributed by atoms with Crippen molar-refractivity contribution >= 4 is 0 Å². The molecule has 0 amide bonds. The molecule has 2 heteroatoms. The predicted molar refractivity (Wildman–Crippen MR) is 62.3 cm³/mol. The summed E-state index contributed by atoms with van der Waals surface area (Å²) in [6.07, 6.45) is 14.0. The van der Waals surface area contributed by atoms with Gasteiger partial charge in [-0.2, -0.15) is 0 Å². The van der Waals surface area contributed by atoms with Crippen LogP contribution >= 0.6 is 0 Å². The van der Waals surface area contributed by atoms with E-state index in [-0.39, 0.29) is 0 Å². The molecule has 0 bridgehead atoms. The van der Waals surface area contributed by atoms with Crippen LogP contribution < -0.4 is 4.74 Å². The first-order valence-electron chi connectivity index (χ1n) is 6.11. The highest BCUT2D eigenvalue weighted by molar-refractivity contribution is 5.17. The minimum absolute atomic E-state index is 0.703. The Kier molecular flexibility index (Phi) is 3.70. The van der Waals surface area contributed by atoms with Gasteiger partial charge in [0.1, 0.15) is 5.75 Å². The second-order valence-corrected chi connectivity index (χ2v) is 4.50. The van der Waals surface area contributed by atoms with E-state index in [2.05, 4.69) is 23.0 Å². The number of aromatic nitrogens is 1. The van der Waals surface area contributed by atoms with E-state index >= 15 is 0 Å². The van der Waals surface area contributed by atoms with Crippen molar-refractivity contribution < 1.29 is 4.74 Å². The van der Waals surface area contributed by atoms with E-state index in [1.807, 2.05) is 0 Å². The molecule has 0 atom stereocenters. The van der Waals surface area contributed by atoms with Gasteiger partial charge in [-0.15, -0.1) is 0 Å². The molecule has 0 aliphatic heterocycles. The van der Waals surface area contributed by atoms with Gasteiger partial charge in [0.15, 0.2) is 0 Å². The minimum Gasteiger partial charge on any atom is -0.495 e. The van der Waals surface area contributed by atoms with Crippen LogP contribution in [0.15, 0.2) is 18.5 Å². The Labute approximate surface area is 92.2 Å². The monoisotopic (exact) mass is 207 g/mol. The summed E-state index contributed by atoms with van der Waals surface area (Å²) in [5.74, 6) is 0.983. The Morgan fingerprint density at radius 3 is 2.40 bits per heavy atom. The fourth-order valence-electron chi connectivity index (χ4n) is 2.47. The van der Waals surface area contributed by atoms with Crippen LogP contribution in [-0.4, -0.2) is 11.7 Å². The van der Waals surface area contributed by atoms with Crippen molar-refractivity contribution in [3.05, 3.63) is 18.5 Å². The van der Waals surface area contributed by atoms with Crippen molar-refractivity contribution in [3.8, 4) is 5.75 Å². The van der Waals surface area contributed by atoms with Gasteiger partial charge in [0.2, 0.25) is 0 Å². The lowest BCUT2D eigenvalue weighted by Crippen LogP contribution is -2.08. The predicted octanol–water partition coefficient (Wildman–Crippen LogP) is 3.78. The lowest BCUT2D eigenvalue weighted by molar-refractivity contribution is 0.367. The summed E-state index contributed by atoms with van der Waals surface area (Å²) in [4.78, 5) is 0. The molecule has 0 unspecified atom stereocenters. The molecule has 1 aromatic rings. The van der Waals surface area contributed by atoms with Crippen LogP contribution in [0.2, 0.25) is 0 Å². The average molecular weight is 207 g/mol. The second kappa shape index (κ2) is 5.24. The summed E-state index contributed by atoms with van der Waals surface area (Å²) < 4.78 is 7.56. The molecular formula is C13H21NO.